The maximum Gasteiger partial charge on any atom is 0.416 e. The third-order valence-electron chi connectivity index (χ3n) is 3.22. The minimum Gasteiger partial charge on any atom is -0.495 e. The first-order valence-electron chi connectivity index (χ1n) is 7.01. The van der Waals surface area contributed by atoms with Gasteiger partial charge in [-0.2, -0.15) is 26.3 Å². The Hall–Kier alpha value is -2.91. The molecule has 0 aromatic heterocycles. The molecule has 2 aromatic rings. The van der Waals surface area contributed by atoms with Gasteiger partial charge in [-0.15, -0.1) is 0 Å². The van der Waals surface area contributed by atoms with E-state index in [4.69, 9.17) is 4.74 Å². The Morgan fingerprint density at radius 1 is 0.885 bits per heavy atom. The highest BCUT2D eigenvalue weighted by Crippen LogP contribution is 2.35. The highest BCUT2D eigenvalue weighted by atomic mass is 19.4. The number of carbonyl (C=O) groups is 1. The predicted molar refractivity (Wildman–Crippen MR) is 82.1 cm³/mol. The predicted octanol–water partition coefficient (Wildman–Crippen LogP) is 5.38. The summed E-state index contributed by atoms with van der Waals surface area (Å²) in [6, 6.07) is 5.23. The second-order valence-electron chi connectivity index (χ2n) is 5.07. The number of benzene rings is 2. The van der Waals surface area contributed by atoms with Crippen molar-refractivity contribution in [1.82, 2.24) is 0 Å². The zero-order valence-electron chi connectivity index (χ0n) is 13.1. The van der Waals surface area contributed by atoms with Crippen LogP contribution in [0.1, 0.15) is 11.1 Å². The zero-order chi connectivity index (χ0) is 19.5. The molecular formula is C16H12F6N2O2. The van der Waals surface area contributed by atoms with E-state index < -0.39 is 29.5 Å². The molecule has 0 saturated heterocycles. The van der Waals surface area contributed by atoms with Gasteiger partial charge in [0.25, 0.3) is 0 Å². The summed E-state index contributed by atoms with van der Waals surface area (Å²) < 4.78 is 81.1. The molecule has 140 valence electrons. The summed E-state index contributed by atoms with van der Waals surface area (Å²) in [7, 11) is 1.19. The van der Waals surface area contributed by atoms with Gasteiger partial charge in [0.1, 0.15) is 5.75 Å². The molecule has 2 rings (SSSR count). The summed E-state index contributed by atoms with van der Waals surface area (Å²) in [6.45, 7) is 0. The van der Waals surface area contributed by atoms with Crippen molar-refractivity contribution in [3.63, 3.8) is 0 Å². The van der Waals surface area contributed by atoms with Gasteiger partial charge in [-0.05, 0) is 36.4 Å². The number of nitrogens with one attached hydrogen (secondary N) is 2. The van der Waals surface area contributed by atoms with Gasteiger partial charge < -0.3 is 15.4 Å². The number of hydrogen-bond donors (Lipinski definition) is 2. The van der Waals surface area contributed by atoms with Gasteiger partial charge >= 0.3 is 18.4 Å². The van der Waals surface area contributed by atoms with Crippen molar-refractivity contribution in [2.45, 2.75) is 12.4 Å². The van der Waals surface area contributed by atoms with E-state index in [9.17, 15) is 31.1 Å². The molecule has 0 atom stereocenters. The minimum absolute atomic E-state index is 0.0443. The monoisotopic (exact) mass is 378 g/mol. The van der Waals surface area contributed by atoms with Crippen LogP contribution >= 0.6 is 0 Å². The van der Waals surface area contributed by atoms with Crippen molar-refractivity contribution in [2.24, 2.45) is 0 Å². The van der Waals surface area contributed by atoms with Gasteiger partial charge in [0.15, 0.2) is 0 Å². The van der Waals surface area contributed by atoms with Gasteiger partial charge in [0.2, 0.25) is 0 Å². The van der Waals surface area contributed by atoms with Crippen LogP contribution in [0.5, 0.6) is 5.75 Å². The van der Waals surface area contributed by atoms with E-state index in [2.05, 4.69) is 10.6 Å². The third kappa shape index (κ3) is 4.80. The fraction of sp³-hybridized carbons (Fsp3) is 0.188. The van der Waals surface area contributed by atoms with Crippen molar-refractivity contribution in [2.75, 3.05) is 17.7 Å². The maximum atomic E-state index is 12.8. The number of halogens is 6. The largest absolute Gasteiger partial charge is 0.495 e. The Bertz CT molecular complexity index is 802. The summed E-state index contributed by atoms with van der Waals surface area (Å²) in [5.74, 6) is -0.0443. The van der Waals surface area contributed by atoms with Crippen LogP contribution in [0, 0.1) is 0 Å². The minimum atomic E-state index is -4.64. The molecule has 0 saturated carbocycles. The molecule has 0 aliphatic rings. The smallest absolute Gasteiger partial charge is 0.416 e. The normalized spacial score (nSPS) is 11.8. The highest BCUT2D eigenvalue weighted by Gasteiger charge is 2.32. The van der Waals surface area contributed by atoms with Crippen LogP contribution in [0.15, 0.2) is 42.5 Å². The van der Waals surface area contributed by atoms with Crippen molar-refractivity contribution < 1.29 is 35.9 Å². The number of anilines is 2. The van der Waals surface area contributed by atoms with Crippen molar-refractivity contribution in [3.8, 4) is 5.75 Å². The van der Waals surface area contributed by atoms with E-state index in [1.807, 2.05) is 0 Å². The summed E-state index contributed by atoms with van der Waals surface area (Å²) in [5, 5.41) is 4.25. The second-order valence-corrected chi connectivity index (χ2v) is 5.07. The van der Waals surface area contributed by atoms with Crippen LogP contribution in [0.2, 0.25) is 0 Å². The van der Waals surface area contributed by atoms with Gasteiger partial charge in [0.05, 0.1) is 23.9 Å². The van der Waals surface area contributed by atoms with Gasteiger partial charge in [-0.25, -0.2) is 4.79 Å². The molecule has 0 spiro atoms. The van der Waals surface area contributed by atoms with Crippen LogP contribution < -0.4 is 15.4 Å². The average molecular weight is 378 g/mol. The molecule has 0 radical (unpaired) electrons. The summed E-state index contributed by atoms with van der Waals surface area (Å²) >= 11 is 0. The first-order valence-corrected chi connectivity index (χ1v) is 7.01. The number of methoxy groups -OCH3 is 1. The number of alkyl halides is 6. The zero-order valence-corrected chi connectivity index (χ0v) is 13.1. The van der Waals surface area contributed by atoms with E-state index in [1.54, 1.807) is 0 Å². The van der Waals surface area contributed by atoms with Crippen molar-refractivity contribution >= 4 is 17.4 Å². The highest BCUT2D eigenvalue weighted by molar-refractivity contribution is 6.00. The van der Waals surface area contributed by atoms with E-state index in [0.29, 0.717) is 12.1 Å². The van der Waals surface area contributed by atoms with Crippen LogP contribution in [0.4, 0.5) is 42.5 Å². The van der Waals surface area contributed by atoms with Crippen LogP contribution in [0.25, 0.3) is 0 Å². The Labute approximate surface area is 143 Å². The molecule has 2 N–H and O–H groups in total. The Balaban J connectivity index is 2.20. The molecule has 0 unspecified atom stereocenters. The Kier molecular flexibility index (Phi) is 5.33. The molecule has 2 amide bonds. The standard InChI is InChI=1S/C16H12F6N2O2/c1-26-13-6-5-10(16(20,21)22)8-12(13)24-14(25)23-11-4-2-3-9(7-11)15(17,18)19/h2-8H,1H3,(H2,23,24,25). The van der Waals surface area contributed by atoms with E-state index >= 15 is 0 Å². The van der Waals surface area contributed by atoms with Crippen molar-refractivity contribution in [3.05, 3.63) is 53.6 Å². The lowest BCUT2D eigenvalue weighted by molar-refractivity contribution is -0.138. The number of urea groups is 1. The molecular weight excluding hydrogens is 366 g/mol. The number of ether oxygens (including phenoxy) is 1. The third-order valence-corrected chi connectivity index (χ3v) is 3.22. The molecule has 0 heterocycles. The second kappa shape index (κ2) is 7.14. The quantitative estimate of drug-likeness (QED) is 0.705. The molecule has 26 heavy (non-hydrogen) atoms. The molecule has 0 bridgehead atoms. The molecule has 0 fully saturated rings. The SMILES string of the molecule is COc1ccc(C(F)(F)F)cc1NC(=O)Nc1cccc(C(F)(F)F)c1. The number of hydrogen-bond acceptors (Lipinski definition) is 2. The Morgan fingerprint density at radius 3 is 2.08 bits per heavy atom. The van der Waals surface area contributed by atoms with Crippen LogP contribution in [0.3, 0.4) is 0 Å². The van der Waals surface area contributed by atoms with Gasteiger partial charge in [-0.1, -0.05) is 6.07 Å². The van der Waals surface area contributed by atoms with E-state index in [-0.39, 0.29) is 17.1 Å². The van der Waals surface area contributed by atoms with Gasteiger partial charge in [-0.3, -0.25) is 0 Å². The first-order chi connectivity index (χ1) is 12.0. The number of amides is 2. The summed E-state index contributed by atoms with van der Waals surface area (Å²) in [4.78, 5) is 11.9. The number of rotatable bonds is 3. The maximum absolute atomic E-state index is 12.8. The van der Waals surface area contributed by atoms with Gasteiger partial charge in [0, 0.05) is 5.69 Å². The molecule has 2 aromatic carbocycles. The van der Waals surface area contributed by atoms with E-state index in [1.165, 1.54) is 13.2 Å². The lowest BCUT2D eigenvalue weighted by Crippen LogP contribution is -2.20. The molecule has 0 aliphatic carbocycles. The summed E-state index contributed by atoms with van der Waals surface area (Å²) in [6.07, 6.45) is -9.24. The Morgan fingerprint density at radius 2 is 1.50 bits per heavy atom. The molecule has 10 heteroatoms. The van der Waals surface area contributed by atoms with Crippen LogP contribution in [-0.2, 0) is 12.4 Å². The number of carbonyl (C=O) groups excluding carboxylic acids is 1. The molecule has 0 aliphatic heterocycles. The fourth-order valence-electron chi connectivity index (χ4n) is 2.04. The fourth-order valence-corrected chi connectivity index (χ4v) is 2.04. The lowest BCUT2D eigenvalue weighted by Gasteiger charge is -2.14. The van der Waals surface area contributed by atoms with E-state index in [0.717, 1.165) is 24.3 Å². The van der Waals surface area contributed by atoms with Crippen LogP contribution in [-0.4, -0.2) is 13.1 Å². The first kappa shape index (κ1) is 19.4. The average Bonchev–Trinajstić information content (AvgIpc) is 2.53. The molecule has 4 nitrogen and oxygen atoms in total. The van der Waals surface area contributed by atoms with Crippen molar-refractivity contribution in [1.29, 1.82) is 0 Å². The topological polar surface area (TPSA) is 50.4 Å². The summed E-state index contributed by atoms with van der Waals surface area (Å²) in [5.41, 5.74) is -2.46. The lowest BCUT2D eigenvalue weighted by atomic mass is 10.1.